The predicted octanol–water partition coefficient (Wildman–Crippen LogP) is 2.91. The van der Waals surface area contributed by atoms with Gasteiger partial charge < -0.3 is 10.2 Å². The number of hydrogen-bond acceptors (Lipinski definition) is 5. The van der Waals surface area contributed by atoms with E-state index in [1.54, 1.807) is 24.4 Å². The molecule has 0 aromatic carbocycles. The fourth-order valence-electron chi connectivity index (χ4n) is 3.18. The highest BCUT2D eigenvalue weighted by Crippen LogP contribution is 2.35. The standard InChI is InChI=1S/C17H15F3N6O/c18-17(19,20)13-4-2-8-25(13)15-6-5-14-22-10-12(26(14)24-15)16(27)23-11-3-1-7-21-9-11/h1,3,5-7,9-10,13H,2,4,8H2,(H,23,27). The number of nitrogens with one attached hydrogen (secondary N) is 1. The van der Waals surface area contributed by atoms with Crippen molar-refractivity contribution in [2.75, 3.05) is 16.8 Å². The topological polar surface area (TPSA) is 75.4 Å². The van der Waals surface area contributed by atoms with Gasteiger partial charge in [0, 0.05) is 12.7 Å². The number of nitrogens with zero attached hydrogens (tertiary/aromatic N) is 5. The van der Waals surface area contributed by atoms with Crippen molar-refractivity contribution in [3.63, 3.8) is 0 Å². The molecule has 140 valence electrons. The van der Waals surface area contributed by atoms with Gasteiger partial charge in [0.25, 0.3) is 5.91 Å². The molecule has 4 heterocycles. The van der Waals surface area contributed by atoms with Crippen LogP contribution in [0.1, 0.15) is 23.3 Å². The molecule has 10 heteroatoms. The number of alkyl halides is 3. The highest BCUT2D eigenvalue weighted by Gasteiger charge is 2.46. The second-order valence-corrected chi connectivity index (χ2v) is 6.19. The molecule has 1 atom stereocenters. The minimum atomic E-state index is -4.33. The molecule has 0 spiro atoms. The first-order chi connectivity index (χ1) is 12.9. The van der Waals surface area contributed by atoms with E-state index < -0.39 is 18.1 Å². The summed E-state index contributed by atoms with van der Waals surface area (Å²) < 4.78 is 41.0. The first-order valence-corrected chi connectivity index (χ1v) is 8.33. The zero-order valence-corrected chi connectivity index (χ0v) is 14.0. The lowest BCUT2D eigenvalue weighted by Gasteiger charge is -2.27. The number of halogens is 3. The van der Waals surface area contributed by atoms with E-state index >= 15 is 0 Å². The van der Waals surface area contributed by atoms with E-state index in [4.69, 9.17) is 0 Å². The SMILES string of the molecule is O=C(Nc1cccnc1)c1cnc2ccc(N3CCCC3C(F)(F)F)nn12. The van der Waals surface area contributed by atoms with Gasteiger partial charge in [0.05, 0.1) is 18.1 Å². The van der Waals surface area contributed by atoms with E-state index in [2.05, 4.69) is 20.4 Å². The van der Waals surface area contributed by atoms with Crippen LogP contribution in [0.15, 0.2) is 42.9 Å². The largest absolute Gasteiger partial charge is 0.408 e. The van der Waals surface area contributed by atoms with Crippen LogP contribution < -0.4 is 10.2 Å². The lowest BCUT2D eigenvalue weighted by atomic mass is 10.2. The maximum absolute atomic E-state index is 13.2. The van der Waals surface area contributed by atoms with Crippen molar-refractivity contribution < 1.29 is 18.0 Å². The molecule has 0 bridgehead atoms. The Bertz CT molecular complexity index is 972. The smallest absolute Gasteiger partial charge is 0.343 e. The second kappa shape index (κ2) is 6.53. The van der Waals surface area contributed by atoms with Gasteiger partial charge in [-0.2, -0.15) is 13.2 Å². The third kappa shape index (κ3) is 3.29. The zero-order chi connectivity index (χ0) is 19.0. The molecule has 1 saturated heterocycles. The van der Waals surface area contributed by atoms with Gasteiger partial charge in [0.2, 0.25) is 0 Å². The van der Waals surface area contributed by atoms with Crippen LogP contribution in [-0.4, -0.2) is 44.3 Å². The van der Waals surface area contributed by atoms with Crippen molar-refractivity contribution in [1.29, 1.82) is 0 Å². The molecule has 1 fully saturated rings. The van der Waals surface area contributed by atoms with Crippen molar-refractivity contribution in [3.05, 3.63) is 48.5 Å². The van der Waals surface area contributed by atoms with Crippen LogP contribution in [0.25, 0.3) is 5.65 Å². The Hall–Kier alpha value is -3.17. The zero-order valence-electron chi connectivity index (χ0n) is 14.0. The number of carbonyl (C=O) groups is 1. The molecule has 1 aliphatic rings. The maximum atomic E-state index is 13.2. The number of fused-ring (bicyclic) bond motifs is 1. The van der Waals surface area contributed by atoms with Crippen LogP contribution in [0, 0.1) is 0 Å². The van der Waals surface area contributed by atoms with Crippen molar-refractivity contribution in [1.82, 2.24) is 19.6 Å². The lowest BCUT2D eigenvalue weighted by Crippen LogP contribution is -2.41. The molecular weight excluding hydrogens is 361 g/mol. The highest BCUT2D eigenvalue weighted by molar-refractivity contribution is 6.03. The van der Waals surface area contributed by atoms with Crippen molar-refractivity contribution in [3.8, 4) is 0 Å². The fraction of sp³-hybridized carbons (Fsp3) is 0.294. The van der Waals surface area contributed by atoms with Crippen LogP contribution >= 0.6 is 0 Å². The molecule has 0 aliphatic carbocycles. The average Bonchev–Trinajstić information content (AvgIpc) is 3.29. The number of hydrogen-bond donors (Lipinski definition) is 1. The van der Waals surface area contributed by atoms with Crippen molar-refractivity contribution >= 4 is 23.1 Å². The Morgan fingerprint density at radius 3 is 2.81 bits per heavy atom. The molecule has 4 rings (SSSR count). The third-order valence-corrected chi connectivity index (χ3v) is 4.43. The summed E-state index contributed by atoms with van der Waals surface area (Å²) in [4.78, 5) is 21.7. The number of imidazole rings is 1. The van der Waals surface area contributed by atoms with Gasteiger partial charge in [-0.15, -0.1) is 5.10 Å². The first-order valence-electron chi connectivity index (χ1n) is 8.33. The Morgan fingerprint density at radius 2 is 2.07 bits per heavy atom. The molecule has 0 saturated carbocycles. The second-order valence-electron chi connectivity index (χ2n) is 6.19. The molecule has 0 radical (unpaired) electrons. The average molecular weight is 376 g/mol. The molecule has 3 aromatic rings. The van der Waals surface area contributed by atoms with Crippen LogP contribution in [0.5, 0.6) is 0 Å². The molecule has 1 amide bonds. The molecule has 1 unspecified atom stereocenters. The maximum Gasteiger partial charge on any atom is 0.408 e. The summed E-state index contributed by atoms with van der Waals surface area (Å²) >= 11 is 0. The molecular formula is C17H15F3N6O. The minimum Gasteiger partial charge on any atom is -0.343 e. The Kier molecular flexibility index (Phi) is 4.17. The van der Waals surface area contributed by atoms with Gasteiger partial charge in [-0.05, 0) is 37.1 Å². The van der Waals surface area contributed by atoms with Gasteiger partial charge in [-0.25, -0.2) is 9.50 Å². The van der Waals surface area contributed by atoms with Gasteiger partial charge in [-0.1, -0.05) is 0 Å². The summed E-state index contributed by atoms with van der Waals surface area (Å²) in [6, 6.07) is 4.82. The van der Waals surface area contributed by atoms with E-state index in [1.165, 1.54) is 27.9 Å². The summed E-state index contributed by atoms with van der Waals surface area (Å²) in [6.45, 7) is 0.259. The fourth-order valence-corrected chi connectivity index (χ4v) is 3.18. The number of anilines is 2. The summed E-state index contributed by atoms with van der Waals surface area (Å²) in [7, 11) is 0. The monoisotopic (exact) mass is 376 g/mol. The quantitative estimate of drug-likeness (QED) is 0.761. The van der Waals surface area contributed by atoms with E-state index in [9.17, 15) is 18.0 Å². The molecule has 3 aromatic heterocycles. The van der Waals surface area contributed by atoms with E-state index in [0.717, 1.165) is 0 Å². The van der Waals surface area contributed by atoms with E-state index in [-0.39, 0.29) is 24.5 Å². The Balaban J connectivity index is 1.66. The van der Waals surface area contributed by atoms with Crippen LogP contribution in [-0.2, 0) is 0 Å². The molecule has 27 heavy (non-hydrogen) atoms. The summed E-state index contributed by atoms with van der Waals surface area (Å²) in [5.74, 6) is -0.315. The summed E-state index contributed by atoms with van der Waals surface area (Å²) in [6.07, 6.45) is 0.526. The molecule has 1 N–H and O–H groups in total. The lowest BCUT2D eigenvalue weighted by molar-refractivity contribution is -0.146. The summed E-state index contributed by atoms with van der Waals surface area (Å²) in [5.41, 5.74) is 0.988. The van der Waals surface area contributed by atoms with Crippen LogP contribution in [0.2, 0.25) is 0 Å². The third-order valence-electron chi connectivity index (χ3n) is 4.43. The van der Waals surface area contributed by atoms with Gasteiger partial charge >= 0.3 is 6.18 Å². The van der Waals surface area contributed by atoms with Gasteiger partial charge in [0.1, 0.15) is 11.9 Å². The Morgan fingerprint density at radius 1 is 1.22 bits per heavy atom. The predicted molar refractivity (Wildman–Crippen MR) is 91.6 cm³/mol. The molecule has 7 nitrogen and oxygen atoms in total. The van der Waals surface area contributed by atoms with Crippen molar-refractivity contribution in [2.24, 2.45) is 0 Å². The van der Waals surface area contributed by atoms with Crippen LogP contribution in [0.3, 0.4) is 0 Å². The highest BCUT2D eigenvalue weighted by atomic mass is 19.4. The number of pyridine rings is 1. The number of aromatic nitrogens is 4. The Labute approximate surface area is 151 Å². The van der Waals surface area contributed by atoms with Crippen molar-refractivity contribution in [2.45, 2.75) is 25.1 Å². The van der Waals surface area contributed by atoms with Gasteiger partial charge in [-0.3, -0.25) is 9.78 Å². The number of rotatable bonds is 3. The summed E-state index contributed by atoms with van der Waals surface area (Å²) in [5, 5.41) is 6.91. The van der Waals surface area contributed by atoms with E-state index in [0.29, 0.717) is 17.8 Å². The minimum absolute atomic E-state index is 0.0293. The number of carbonyl (C=O) groups excluding carboxylic acids is 1. The van der Waals surface area contributed by atoms with E-state index in [1.807, 2.05) is 0 Å². The van der Waals surface area contributed by atoms with Crippen LogP contribution in [0.4, 0.5) is 24.7 Å². The normalized spacial score (nSPS) is 17.4. The number of amides is 1. The first kappa shape index (κ1) is 17.3. The van der Waals surface area contributed by atoms with Gasteiger partial charge in [0.15, 0.2) is 11.3 Å². The molecule has 1 aliphatic heterocycles.